The van der Waals surface area contributed by atoms with Gasteiger partial charge in [-0.25, -0.2) is 22.6 Å². The van der Waals surface area contributed by atoms with Gasteiger partial charge >= 0.3 is 6.09 Å². The van der Waals surface area contributed by atoms with Crippen molar-refractivity contribution in [2.45, 2.75) is 43.3 Å². The number of sulfone groups is 1. The lowest BCUT2D eigenvalue weighted by atomic mass is 9.79. The van der Waals surface area contributed by atoms with Crippen LogP contribution < -0.4 is 0 Å². The number of aryl methyl sites for hydroxylation is 2. The summed E-state index contributed by atoms with van der Waals surface area (Å²) in [5.74, 6) is -0.579. The molecule has 3 atom stereocenters. The first-order valence-corrected chi connectivity index (χ1v) is 13.1. The fourth-order valence-corrected chi connectivity index (χ4v) is 6.76. The van der Waals surface area contributed by atoms with Crippen molar-refractivity contribution in [2.24, 2.45) is 5.92 Å². The Morgan fingerprint density at radius 2 is 2.12 bits per heavy atom. The SMILES string of the molecule is Cc1cc2c(S(C)(=O)=O)nc3c(F)c(Br)c(CCC#N)cc3c2n1[C@H]1[C@@H]2C[C@H]1N(C(=O)O)C2. The second-order valence-corrected chi connectivity index (χ2v) is 11.5. The number of pyridine rings is 1. The van der Waals surface area contributed by atoms with Crippen molar-refractivity contribution < 1.29 is 22.7 Å². The summed E-state index contributed by atoms with van der Waals surface area (Å²) in [4.78, 5) is 17.3. The van der Waals surface area contributed by atoms with Crippen LogP contribution in [0.3, 0.4) is 0 Å². The smallest absolute Gasteiger partial charge is 0.407 e. The van der Waals surface area contributed by atoms with Crippen LogP contribution in [0.15, 0.2) is 21.6 Å². The topological polar surface area (TPSA) is 116 Å². The highest BCUT2D eigenvalue weighted by Crippen LogP contribution is 2.52. The van der Waals surface area contributed by atoms with Crippen LogP contribution in [0.5, 0.6) is 0 Å². The molecule has 2 aliphatic heterocycles. The van der Waals surface area contributed by atoms with E-state index in [2.05, 4.69) is 27.0 Å². The fourth-order valence-electron chi connectivity index (χ4n) is 5.44. The molecule has 0 unspecified atom stereocenters. The Hall–Kier alpha value is -2.71. The lowest BCUT2D eigenvalue weighted by Gasteiger charge is -2.38. The molecule has 0 spiro atoms. The van der Waals surface area contributed by atoms with Gasteiger partial charge in [-0.15, -0.1) is 0 Å². The van der Waals surface area contributed by atoms with Crippen molar-refractivity contribution in [1.29, 1.82) is 5.26 Å². The third-order valence-corrected chi connectivity index (χ3v) is 8.71. The zero-order chi connectivity index (χ0) is 23.8. The average Bonchev–Trinajstić information content (AvgIpc) is 3.41. The second kappa shape index (κ2) is 7.40. The van der Waals surface area contributed by atoms with Crippen LogP contribution in [0.2, 0.25) is 0 Å². The van der Waals surface area contributed by atoms with E-state index >= 15 is 4.39 Å². The van der Waals surface area contributed by atoms with E-state index in [9.17, 15) is 18.3 Å². The maximum atomic E-state index is 15.5. The highest BCUT2D eigenvalue weighted by Gasteiger charge is 2.55. The molecule has 8 nitrogen and oxygen atoms in total. The molecule has 3 fully saturated rings. The number of rotatable bonds is 4. The van der Waals surface area contributed by atoms with Crippen molar-refractivity contribution in [3.63, 3.8) is 0 Å². The maximum Gasteiger partial charge on any atom is 0.407 e. The van der Waals surface area contributed by atoms with Gasteiger partial charge in [0.2, 0.25) is 0 Å². The predicted molar refractivity (Wildman–Crippen MR) is 122 cm³/mol. The van der Waals surface area contributed by atoms with E-state index in [1.807, 2.05) is 11.5 Å². The third kappa shape index (κ3) is 3.14. The molecule has 2 aromatic heterocycles. The first-order valence-electron chi connectivity index (χ1n) is 10.4. The van der Waals surface area contributed by atoms with Gasteiger partial charge in [0, 0.05) is 41.6 Å². The van der Waals surface area contributed by atoms with E-state index in [1.165, 1.54) is 4.90 Å². The molecule has 33 heavy (non-hydrogen) atoms. The molecule has 11 heteroatoms. The number of nitrogens with zero attached hydrogens (tertiary/aromatic N) is 4. The van der Waals surface area contributed by atoms with E-state index in [-0.39, 0.29) is 39.4 Å². The molecule has 3 aromatic rings. The maximum absolute atomic E-state index is 15.5. The van der Waals surface area contributed by atoms with Gasteiger partial charge in [-0.2, -0.15) is 5.26 Å². The number of fused-ring (bicyclic) bond motifs is 4. The first-order chi connectivity index (χ1) is 15.5. The largest absolute Gasteiger partial charge is 0.465 e. The van der Waals surface area contributed by atoms with Gasteiger partial charge < -0.3 is 14.6 Å². The van der Waals surface area contributed by atoms with E-state index < -0.39 is 21.7 Å². The fraction of sp³-hybridized carbons (Fsp3) is 0.409. The van der Waals surface area contributed by atoms with Gasteiger partial charge in [-0.05, 0) is 53.4 Å². The molecule has 6 rings (SSSR count). The number of aromatic nitrogens is 2. The van der Waals surface area contributed by atoms with E-state index in [1.54, 1.807) is 12.1 Å². The van der Waals surface area contributed by atoms with Crippen molar-refractivity contribution in [3.05, 3.63) is 33.7 Å². The highest BCUT2D eigenvalue weighted by atomic mass is 79.9. The van der Waals surface area contributed by atoms with E-state index in [4.69, 9.17) is 5.26 Å². The summed E-state index contributed by atoms with van der Waals surface area (Å²) in [6, 6.07) is 5.17. The minimum atomic E-state index is -3.78. The number of amides is 1. The van der Waals surface area contributed by atoms with E-state index in [0.717, 1.165) is 18.4 Å². The van der Waals surface area contributed by atoms with Gasteiger partial charge in [0.05, 0.1) is 28.1 Å². The molecule has 1 amide bonds. The number of hydrogen-bond acceptors (Lipinski definition) is 5. The summed E-state index contributed by atoms with van der Waals surface area (Å²) < 4.78 is 42.8. The van der Waals surface area contributed by atoms with Crippen LogP contribution in [-0.4, -0.2) is 52.9 Å². The lowest BCUT2D eigenvalue weighted by molar-refractivity contribution is 0.124. The summed E-state index contributed by atoms with van der Waals surface area (Å²) in [6.07, 6.45) is 1.32. The van der Waals surface area contributed by atoms with Crippen LogP contribution in [0.25, 0.3) is 21.8 Å². The number of benzene rings is 1. The number of nitriles is 1. The van der Waals surface area contributed by atoms with Gasteiger partial charge in [0.25, 0.3) is 0 Å². The van der Waals surface area contributed by atoms with Crippen molar-refractivity contribution >= 4 is 53.7 Å². The zero-order valence-electron chi connectivity index (χ0n) is 17.8. The highest BCUT2D eigenvalue weighted by molar-refractivity contribution is 9.10. The molecule has 1 aromatic carbocycles. The Labute approximate surface area is 197 Å². The second-order valence-electron chi connectivity index (χ2n) is 8.81. The molecule has 4 heterocycles. The van der Waals surface area contributed by atoms with Crippen molar-refractivity contribution in [3.8, 4) is 6.07 Å². The third-order valence-electron chi connectivity index (χ3n) is 6.84. The van der Waals surface area contributed by atoms with Crippen molar-refractivity contribution in [2.75, 3.05) is 12.8 Å². The molecule has 172 valence electrons. The first kappa shape index (κ1) is 22.1. The molecular weight excluding hydrogens is 515 g/mol. The Morgan fingerprint density at radius 3 is 2.73 bits per heavy atom. The lowest BCUT2D eigenvalue weighted by Crippen LogP contribution is -2.42. The Morgan fingerprint density at radius 1 is 1.39 bits per heavy atom. The number of halogens is 2. The van der Waals surface area contributed by atoms with Crippen LogP contribution in [-0.2, 0) is 16.3 Å². The Bertz CT molecular complexity index is 1510. The molecule has 1 aliphatic carbocycles. The van der Waals surface area contributed by atoms with Crippen LogP contribution in [0, 0.1) is 30.0 Å². The molecule has 2 bridgehead atoms. The van der Waals surface area contributed by atoms with Gasteiger partial charge in [0.15, 0.2) is 20.7 Å². The summed E-state index contributed by atoms with van der Waals surface area (Å²) in [6.45, 7) is 2.26. The Kier molecular flexibility index (Phi) is 4.95. The van der Waals surface area contributed by atoms with E-state index in [0.29, 0.717) is 34.8 Å². The molecule has 2 saturated heterocycles. The van der Waals surface area contributed by atoms with Gasteiger partial charge in [-0.3, -0.25) is 0 Å². The minimum absolute atomic E-state index is 0.0726. The quantitative estimate of drug-likeness (QED) is 0.536. The van der Waals surface area contributed by atoms with Gasteiger partial charge in [-0.1, -0.05) is 0 Å². The van der Waals surface area contributed by atoms with Crippen LogP contribution in [0.1, 0.15) is 30.1 Å². The van der Waals surface area contributed by atoms with Crippen molar-refractivity contribution in [1.82, 2.24) is 14.5 Å². The summed E-state index contributed by atoms with van der Waals surface area (Å²) in [7, 11) is -3.78. The average molecular weight is 535 g/mol. The van der Waals surface area contributed by atoms with Crippen LogP contribution in [0.4, 0.5) is 9.18 Å². The number of carboxylic acid groups (broad SMARTS) is 1. The molecule has 1 N–H and O–H groups in total. The standard InChI is InChI=1S/C22H20BrFN4O4S/c1-10-6-14-20(28(10)19-12-8-15(19)27(9-12)22(29)30)13-7-11(4-3-5-25)16(23)17(24)18(13)26-21(14)33(2,31)32/h6-7,12,15,19H,3-4,8-9H2,1-2H3,(H,29,30)/t12-,15-,19+/m1/s1. The molecule has 3 aliphatic rings. The molecule has 0 radical (unpaired) electrons. The van der Waals surface area contributed by atoms with Crippen LogP contribution >= 0.6 is 15.9 Å². The summed E-state index contributed by atoms with van der Waals surface area (Å²) in [5.41, 5.74) is 1.81. The zero-order valence-corrected chi connectivity index (χ0v) is 20.2. The monoisotopic (exact) mass is 534 g/mol. The molecule has 1 saturated carbocycles. The minimum Gasteiger partial charge on any atom is -0.465 e. The number of hydrogen-bond donors (Lipinski definition) is 1. The number of carbonyl (C=O) groups is 1. The predicted octanol–water partition coefficient (Wildman–Crippen LogP) is 4.18. The molecular formula is C22H20BrFN4O4S. The normalized spacial score (nSPS) is 22.0. The summed E-state index contributed by atoms with van der Waals surface area (Å²) >= 11 is 3.25. The van der Waals surface area contributed by atoms with Gasteiger partial charge in [0.1, 0.15) is 5.52 Å². The Balaban J connectivity index is 1.87. The summed E-state index contributed by atoms with van der Waals surface area (Å²) in [5, 5.41) is 19.2.